The van der Waals surface area contributed by atoms with Crippen molar-refractivity contribution in [3.63, 3.8) is 0 Å². The van der Waals surface area contributed by atoms with Crippen molar-refractivity contribution < 1.29 is 4.79 Å². The zero-order chi connectivity index (χ0) is 18.7. The maximum absolute atomic E-state index is 12.5. The smallest absolute Gasteiger partial charge is 0.256 e. The average molecular weight is 347 g/mol. The van der Waals surface area contributed by atoms with Crippen molar-refractivity contribution in [2.24, 2.45) is 7.05 Å². The second-order valence-electron chi connectivity index (χ2n) is 5.78. The molecule has 0 radical (unpaired) electrons. The summed E-state index contributed by atoms with van der Waals surface area (Å²) in [5, 5.41) is 18.9. The fraction of sp³-hybridized carbons (Fsp3) is 0.167. The first-order valence-electron chi connectivity index (χ1n) is 7.89. The predicted molar refractivity (Wildman–Crippen MR) is 97.1 cm³/mol. The highest BCUT2D eigenvalue weighted by atomic mass is 16.1. The molecule has 26 heavy (non-hydrogen) atoms. The average Bonchev–Trinajstić information content (AvgIpc) is 2.94. The van der Waals surface area contributed by atoms with E-state index >= 15 is 0 Å². The number of hydrogen-bond acceptors (Lipinski definition) is 6. The fourth-order valence-electron chi connectivity index (χ4n) is 2.50. The fourth-order valence-corrected chi connectivity index (χ4v) is 2.50. The summed E-state index contributed by atoms with van der Waals surface area (Å²) >= 11 is 0. The third kappa shape index (κ3) is 3.67. The van der Waals surface area contributed by atoms with Gasteiger partial charge in [-0.3, -0.25) is 9.48 Å². The Morgan fingerprint density at radius 3 is 2.62 bits per heavy atom. The Bertz CT molecular complexity index is 996. The lowest BCUT2D eigenvalue weighted by molar-refractivity contribution is 0.102. The molecule has 0 bridgehead atoms. The van der Waals surface area contributed by atoms with Gasteiger partial charge in [0.2, 0.25) is 5.95 Å². The summed E-state index contributed by atoms with van der Waals surface area (Å²) in [4.78, 5) is 21.2. The highest BCUT2D eigenvalue weighted by Crippen LogP contribution is 2.18. The molecular weight excluding hydrogens is 330 g/mol. The molecule has 0 aliphatic carbocycles. The molecule has 2 aromatic heterocycles. The number of hydrogen-bond donors (Lipinski definition) is 2. The van der Waals surface area contributed by atoms with E-state index in [9.17, 15) is 4.79 Å². The molecule has 0 unspecified atom stereocenters. The first kappa shape index (κ1) is 17.1. The number of benzene rings is 1. The minimum absolute atomic E-state index is 0.304. The standard InChI is InChI=1S/C18H17N7O/c1-11-7-12(2)22-18(21-11)23-15-6-4-5-13(8-15)17(26)24-16-14(9-19)10-20-25(16)3/h4-8,10H,1-3H3,(H,24,26)(H,21,22,23). The van der Waals surface area contributed by atoms with Crippen LogP contribution < -0.4 is 10.6 Å². The van der Waals surface area contributed by atoms with Gasteiger partial charge in [0.05, 0.1) is 6.20 Å². The molecule has 0 atom stereocenters. The quantitative estimate of drug-likeness (QED) is 0.751. The van der Waals surface area contributed by atoms with Crippen molar-refractivity contribution in [3.8, 4) is 6.07 Å². The monoisotopic (exact) mass is 347 g/mol. The van der Waals surface area contributed by atoms with Crippen LogP contribution in [0.15, 0.2) is 36.5 Å². The Morgan fingerprint density at radius 1 is 1.19 bits per heavy atom. The van der Waals surface area contributed by atoms with Crippen LogP contribution in [-0.2, 0) is 7.05 Å². The van der Waals surface area contributed by atoms with Crippen LogP contribution in [0.1, 0.15) is 27.3 Å². The summed E-state index contributed by atoms with van der Waals surface area (Å²) in [5.74, 6) is 0.488. The second-order valence-corrected chi connectivity index (χ2v) is 5.78. The zero-order valence-corrected chi connectivity index (χ0v) is 14.6. The molecule has 8 nitrogen and oxygen atoms in total. The van der Waals surface area contributed by atoms with Gasteiger partial charge in [-0.25, -0.2) is 9.97 Å². The second kappa shape index (κ2) is 7.03. The number of aromatic nitrogens is 4. The van der Waals surface area contributed by atoms with Crippen LogP contribution in [-0.4, -0.2) is 25.7 Å². The van der Waals surface area contributed by atoms with Crippen molar-refractivity contribution in [1.82, 2.24) is 19.7 Å². The highest BCUT2D eigenvalue weighted by molar-refractivity contribution is 6.05. The molecule has 3 rings (SSSR count). The molecule has 0 fully saturated rings. The number of nitrogens with one attached hydrogen (secondary N) is 2. The van der Waals surface area contributed by atoms with E-state index in [0.29, 0.717) is 28.6 Å². The predicted octanol–water partition coefficient (Wildman–Crippen LogP) is 2.69. The largest absolute Gasteiger partial charge is 0.324 e. The lowest BCUT2D eigenvalue weighted by atomic mass is 10.2. The molecule has 0 aliphatic heterocycles. The maximum atomic E-state index is 12.5. The number of rotatable bonds is 4. The van der Waals surface area contributed by atoms with E-state index < -0.39 is 0 Å². The summed E-state index contributed by atoms with van der Waals surface area (Å²) < 4.78 is 1.45. The number of carbonyl (C=O) groups excluding carboxylic acids is 1. The van der Waals surface area contributed by atoms with Gasteiger partial charge in [0.15, 0.2) is 0 Å². The Balaban J connectivity index is 1.81. The van der Waals surface area contributed by atoms with Gasteiger partial charge in [0, 0.05) is 29.7 Å². The summed E-state index contributed by atoms with van der Waals surface area (Å²) in [7, 11) is 1.66. The van der Waals surface area contributed by atoms with Crippen molar-refractivity contribution >= 4 is 23.4 Å². The third-order valence-corrected chi connectivity index (χ3v) is 3.65. The van der Waals surface area contributed by atoms with Gasteiger partial charge in [-0.2, -0.15) is 10.4 Å². The number of nitriles is 1. The molecule has 1 amide bonds. The van der Waals surface area contributed by atoms with Gasteiger partial charge in [-0.1, -0.05) is 6.07 Å². The van der Waals surface area contributed by atoms with Crippen molar-refractivity contribution in [2.45, 2.75) is 13.8 Å². The summed E-state index contributed by atoms with van der Waals surface area (Å²) in [6.07, 6.45) is 1.41. The van der Waals surface area contributed by atoms with E-state index in [4.69, 9.17) is 5.26 Å². The Morgan fingerprint density at radius 2 is 1.92 bits per heavy atom. The normalized spacial score (nSPS) is 10.2. The van der Waals surface area contributed by atoms with Gasteiger partial charge in [0.1, 0.15) is 17.5 Å². The topological polar surface area (TPSA) is 109 Å². The molecule has 0 saturated heterocycles. The molecule has 1 aromatic carbocycles. The van der Waals surface area contributed by atoms with Crippen molar-refractivity contribution in [1.29, 1.82) is 5.26 Å². The molecule has 0 aliphatic rings. The number of amides is 1. The molecule has 3 aromatic rings. The van der Waals surface area contributed by atoms with Crippen LogP contribution in [0, 0.1) is 25.2 Å². The Kier molecular flexibility index (Phi) is 4.62. The third-order valence-electron chi connectivity index (χ3n) is 3.65. The highest BCUT2D eigenvalue weighted by Gasteiger charge is 2.13. The zero-order valence-electron chi connectivity index (χ0n) is 14.6. The first-order valence-corrected chi connectivity index (χ1v) is 7.89. The summed E-state index contributed by atoms with van der Waals surface area (Å²) in [6, 6.07) is 10.8. The lowest BCUT2D eigenvalue weighted by Gasteiger charge is -2.09. The molecule has 130 valence electrons. The van der Waals surface area contributed by atoms with Crippen LogP contribution in [0.3, 0.4) is 0 Å². The molecule has 2 heterocycles. The Hall–Kier alpha value is -3.73. The molecular formula is C18H17N7O. The van der Waals surface area contributed by atoms with E-state index in [0.717, 1.165) is 11.4 Å². The lowest BCUT2D eigenvalue weighted by Crippen LogP contribution is -2.15. The van der Waals surface area contributed by atoms with E-state index in [1.807, 2.05) is 32.0 Å². The molecule has 8 heteroatoms. The minimum Gasteiger partial charge on any atom is -0.324 e. The maximum Gasteiger partial charge on any atom is 0.256 e. The number of anilines is 3. The SMILES string of the molecule is Cc1cc(C)nc(Nc2cccc(C(=O)Nc3c(C#N)cnn3C)c2)n1. The van der Waals surface area contributed by atoms with Crippen LogP contribution >= 0.6 is 0 Å². The van der Waals surface area contributed by atoms with Gasteiger partial charge >= 0.3 is 0 Å². The molecule has 2 N–H and O–H groups in total. The van der Waals surface area contributed by atoms with E-state index in [-0.39, 0.29) is 5.91 Å². The van der Waals surface area contributed by atoms with Crippen LogP contribution in [0.25, 0.3) is 0 Å². The van der Waals surface area contributed by atoms with Gasteiger partial charge in [-0.15, -0.1) is 0 Å². The van der Waals surface area contributed by atoms with Crippen LogP contribution in [0.2, 0.25) is 0 Å². The first-order chi connectivity index (χ1) is 12.5. The van der Waals surface area contributed by atoms with E-state index in [1.165, 1.54) is 10.9 Å². The van der Waals surface area contributed by atoms with E-state index in [1.54, 1.807) is 25.2 Å². The summed E-state index contributed by atoms with van der Waals surface area (Å²) in [5.41, 5.74) is 3.14. The van der Waals surface area contributed by atoms with Gasteiger partial charge < -0.3 is 10.6 Å². The van der Waals surface area contributed by atoms with Crippen LogP contribution in [0.4, 0.5) is 17.5 Å². The van der Waals surface area contributed by atoms with E-state index in [2.05, 4.69) is 25.7 Å². The minimum atomic E-state index is -0.338. The molecule has 0 spiro atoms. The number of nitrogens with zero attached hydrogens (tertiary/aromatic N) is 5. The summed E-state index contributed by atoms with van der Waals surface area (Å²) in [6.45, 7) is 3.79. The number of carbonyl (C=O) groups is 1. The Labute approximate surface area is 150 Å². The van der Waals surface area contributed by atoms with Gasteiger partial charge in [0.25, 0.3) is 5.91 Å². The number of aryl methyl sites for hydroxylation is 3. The van der Waals surface area contributed by atoms with Gasteiger partial charge in [-0.05, 0) is 38.1 Å². The molecule has 0 saturated carbocycles. The van der Waals surface area contributed by atoms with Crippen LogP contribution in [0.5, 0.6) is 0 Å². The van der Waals surface area contributed by atoms with Crippen molar-refractivity contribution in [3.05, 3.63) is 59.0 Å². The van der Waals surface area contributed by atoms with Crippen molar-refractivity contribution in [2.75, 3.05) is 10.6 Å².